The van der Waals surface area contributed by atoms with E-state index in [2.05, 4.69) is 10.2 Å². The van der Waals surface area contributed by atoms with Gasteiger partial charge in [0.25, 0.3) is 5.69 Å². The topological polar surface area (TPSA) is 94.1 Å². The van der Waals surface area contributed by atoms with E-state index in [1.807, 2.05) is 6.92 Å². The summed E-state index contributed by atoms with van der Waals surface area (Å²) in [5.74, 6) is 0.732. The van der Waals surface area contributed by atoms with Crippen molar-refractivity contribution in [2.75, 3.05) is 0 Å². The van der Waals surface area contributed by atoms with Crippen molar-refractivity contribution in [2.24, 2.45) is 7.05 Å². The molecular weight excluding hydrogens is 280 g/mol. The van der Waals surface area contributed by atoms with Crippen LogP contribution in [0.1, 0.15) is 24.4 Å². The van der Waals surface area contributed by atoms with Gasteiger partial charge in [-0.2, -0.15) is 0 Å². The normalized spacial score (nSPS) is 12.4. The number of hydrogen-bond donors (Lipinski definition) is 1. The van der Waals surface area contributed by atoms with Gasteiger partial charge in [-0.3, -0.25) is 10.1 Å². The molecule has 8 heteroatoms. The molecule has 0 aliphatic heterocycles. The standard InChI is InChI=1S/C12H14N4O3S/c1-7(17)9-4-5-11(10(6-9)16(18)19)20-12-14-13-8(2)15(12)3/h4-7,17H,1-3H3. The molecule has 0 saturated heterocycles. The molecule has 20 heavy (non-hydrogen) atoms. The largest absolute Gasteiger partial charge is 0.389 e. The minimum atomic E-state index is -0.746. The molecule has 0 amide bonds. The van der Waals surface area contributed by atoms with E-state index in [1.165, 1.54) is 17.8 Å². The molecule has 1 unspecified atom stereocenters. The van der Waals surface area contributed by atoms with Gasteiger partial charge in [0.05, 0.1) is 15.9 Å². The molecule has 0 aliphatic rings. The Kier molecular flexibility index (Phi) is 4.05. The molecule has 0 bridgehead atoms. The van der Waals surface area contributed by atoms with Gasteiger partial charge in [0.1, 0.15) is 5.82 Å². The summed E-state index contributed by atoms with van der Waals surface area (Å²) in [6.45, 7) is 3.37. The van der Waals surface area contributed by atoms with Crippen molar-refractivity contribution in [3.8, 4) is 0 Å². The van der Waals surface area contributed by atoms with E-state index < -0.39 is 11.0 Å². The number of hydrogen-bond acceptors (Lipinski definition) is 6. The number of benzene rings is 1. The zero-order valence-electron chi connectivity index (χ0n) is 11.3. The Hall–Kier alpha value is -1.93. The van der Waals surface area contributed by atoms with Crippen LogP contribution >= 0.6 is 11.8 Å². The summed E-state index contributed by atoms with van der Waals surface area (Å²) in [4.78, 5) is 11.2. The molecule has 0 radical (unpaired) electrons. The van der Waals surface area contributed by atoms with Crippen molar-refractivity contribution in [1.29, 1.82) is 0 Å². The number of nitrogens with zero attached hydrogens (tertiary/aromatic N) is 4. The molecule has 1 aromatic heterocycles. The Morgan fingerprint density at radius 2 is 2.15 bits per heavy atom. The first-order valence-corrected chi connectivity index (χ1v) is 6.72. The predicted molar refractivity (Wildman–Crippen MR) is 73.6 cm³/mol. The maximum absolute atomic E-state index is 11.1. The van der Waals surface area contributed by atoms with Crippen LogP contribution in [-0.4, -0.2) is 24.8 Å². The monoisotopic (exact) mass is 294 g/mol. The second-order valence-electron chi connectivity index (χ2n) is 4.35. The summed E-state index contributed by atoms with van der Waals surface area (Å²) in [6.07, 6.45) is -0.746. The zero-order chi connectivity index (χ0) is 14.9. The Labute approximate surface area is 119 Å². The van der Waals surface area contributed by atoms with Gasteiger partial charge in [0, 0.05) is 13.1 Å². The van der Waals surface area contributed by atoms with Crippen LogP contribution < -0.4 is 0 Å². The highest BCUT2D eigenvalue weighted by Crippen LogP contribution is 2.35. The highest BCUT2D eigenvalue weighted by atomic mass is 32.2. The van der Waals surface area contributed by atoms with Gasteiger partial charge in [-0.25, -0.2) is 0 Å². The molecule has 0 aliphatic carbocycles. The molecule has 0 fully saturated rings. The summed E-state index contributed by atoms with van der Waals surface area (Å²) >= 11 is 1.18. The fourth-order valence-electron chi connectivity index (χ4n) is 1.60. The number of rotatable bonds is 4. The number of nitro groups is 1. The summed E-state index contributed by atoms with van der Waals surface area (Å²) in [5.41, 5.74) is 0.462. The average molecular weight is 294 g/mol. The van der Waals surface area contributed by atoms with Crippen LogP contribution in [0.5, 0.6) is 0 Å². The van der Waals surface area contributed by atoms with E-state index in [9.17, 15) is 15.2 Å². The van der Waals surface area contributed by atoms with E-state index >= 15 is 0 Å². The minimum Gasteiger partial charge on any atom is -0.389 e. The fourth-order valence-corrected chi connectivity index (χ4v) is 2.52. The fraction of sp³-hybridized carbons (Fsp3) is 0.333. The number of nitro benzene ring substituents is 1. The van der Waals surface area contributed by atoms with Crippen molar-refractivity contribution >= 4 is 17.4 Å². The number of aromatic nitrogens is 3. The lowest BCUT2D eigenvalue weighted by Crippen LogP contribution is -1.98. The van der Waals surface area contributed by atoms with Crippen LogP contribution in [0.3, 0.4) is 0 Å². The van der Waals surface area contributed by atoms with Crippen LogP contribution in [-0.2, 0) is 7.05 Å². The molecule has 0 saturated carbocycles. The van der Waals surface area contributed by atoms with Gasteiger partial charge in [-0.15, -0.1) is 10.2 Å². The third kappa shape index (κ3) is 2.81. The second-order valence-corrected chi connectivity index (χ2v) is 5.36. The van der Waals surface area contributed by atoms with Crippen LogP contribution in [0.25, 0.3) is 0 Å². The Bertz CT molecular complexity index is 654. The Morgan fingerprint density at radius 1 is 1.45 bits per heavy atom. The smallest absolute Gasteiger partial charge is 0.283 e. The first kappa shape index (κ1) is 14.5. The summed E-state index contributed by atoms with van der Waals surface area (Å²) in [7, 11) is 1.80. The van der Waals surface area contributed by atoms with E-state index in [4.69, 9.17) is 0 Å². The Balaban J connectivity index is 2.41. The minimum absolute atomic E-state index is 0.0472. The van der Waals surface area contributed by atoms with Gasteiger partial charge < -0.3 is 9.67 Å². The van der Waals surface area contributed by atoms with Crippen molar-refractivity contribution < 1.29 is 10.0 Å². The zero-order valence-corrected chi connectivity index (χ0v) is 12.1. The van der Waals surface area contributed by atoms with E-state index in [-0.39, 0.29) is 5.69 Å². The molecule has 1 aromatic carbocycles. The van der Waals surface area contributed by atoms with E-state index in [0.29, 0.717) is 15.6 Å². The van der Waals surface area contributed by atoms with Crippen molar-refractivity contribution in [3.05, 3.63) is 39.7 Å². The van der Waals surface area contributed by atoms with Crippen LogP contribution in [0.2, 0.25) is 0 Å². The molecular formula is C12H14N4O3S. The summed E-state index contributed by atoms with van der Waals surface area (Å²) in [6, 6.07) is 4.67. The summed E-state index contributed by atoms with van der Waals surface area (Å²) in [5, 5.41) is 29.1. The molecule has 1 heterocycles. The van der Waals surface area contributed by atoms with Crippen LogP contribution in [0.4, 0.5) is 5.69 Å². The maximum atomic E-state index is 11.1. The second kappa shape index (κ2) is 5.59. The number of aryl methyl sites for hydroxylation is 1. The van der Waals surface area contributed by atoms with E-state index in [1.54, 1.807) is 30.7 Å². The average Bonchev–Trinajstić information content (AvgIpc) is 2.70. The van der Waals surface area contributed by atoms with Crippen molar-refractivity contribution in [1.82, 2.24) is 14.8 Å². The SMILES string of the molecule is Cc1nnc(Sc2ccc(C(C)O)cc2[N+](=O)[O-])n1C. The Morgan fingerprint density at radius 3 is 2.65 bits per heavy atom. The molecule has 1 atom stereocenters. The van der Waals surface area contributed by atoms with Crippen LogP contribution in [0, 0.1) is 17.0 Å². The van der Waals surface area contributed by atoms with Crippen molar-refractivity contribution in [2.45, 2.75) is 30.0 Å². The molecule has 106 valence electrons. The third-order valence-electron chi connectivity index (χ3n) is 2.92. The van der Waals surface area contributed by atoms with E-state index in [0.717, 1.165) is 5.82 Å². The van der Waals surface area contributed by atoms with Crippen molar-refractivity contribution in [3.63, 3.8) is 0 Å². The first-order chi connectivity index (χ1) is 9.40. The van der Waals surface area contributed by atoms with Gasteiger partial charge in [0.15, 0.2) is 5.16 Å². The molecule has 7 nitrogen and oxygen atoms in total. The third-order valence-corrected chi connectivity index (χ3v) is 4.02. The van der Waals surface area contributed by atoms with Gasteiger partial charge in [-0.05, 0) is 37.2 Å². The lowest BCUT2D eigenvalue weighted by molar-refractivity contribution is -0.387. The predicted octanol–water partition coefficient (Wildman–Crippen LogP) is 2.24. The first-order valence-electron chi connectivity index (χ1n) is 5.90. The van der Waals surface area contributed by atoms with Gasteiger partial charge in [0.2, 0.25) is 0 Å². The van der Waals surface area contributed by atoms with Gasteiger partial charge in [-0.1, -0.05) is 6.07 Å². The number of aliphatic hydroxyl groups excluding tert-OH is 1. The lowest BCUT2D eigenvalue weighted by atomic mass is 10.1. The molecule has 2 rings (SSSR count). The summed E-state index contributed by atoms with van der Waals surface area (Å²) < 4.78 is 1.76. The van der Waals surface area contributed by atoms with Gasteiger partial charge >= 0.3 is 0 Å². The highest BCUT2D eigenvalue weighted by molar-refractivity contribution is 7.99. The number of aliphatic hydroxyl groups is 1. The maximum Gasteiger partial charge on any atom is 0.283 e. The highest BCUT2D eigenvalue weighted by Gasteiger charge is 2.19. The van der Waals surface area contributed by atoms with Crippen LogP contribution in [0.15, 0.2) is 28.3 Å². The molecule has 2 aromatic rings. The molecule has 0 spiro atoms. The lowest BCUT2D eigenvalue weighted by Gasteiger charge is -2.07. The quantitative estimate of drug-likeness (QED) is 0.686. The molecule has 1 N–H and O–H groups in total.